The average molecular weight is 479 g/mol. The highest BCUT2D eigenvalue weighted by molar-refractivity contribution is 6.26. The van der Waals surface area contributed by atoms with Gasteiger partial charge in [0.1, 0.15) is 11.2 Å². The van der Waals surface area contributed by atoms with Crippen molar-refractivity contribution in [2.45, 2.75) is 0 Å². The van der Waals surface area contributed by atoms with Crippen LogP contribution in [0, 0.1) is 0 Å². The van der Waals surface area contributed by atoms with Crippen LogP contribution in [0.3, 0.4) is 0 Å². The third-order valence-corrected chi connectivity index (χ3v) is 7.11. The van der Waals surface area contributed by atoms with Gasteiger partial charge < -0.3 is 4.42 Å². The van der Waals surface area contributed by atoms with Gasteiger partial charge >= 0.3 is 0 Å². The number of hydrogen-bond acceptors (Lipinski definition) is 1. The molecule has 0 radical (unpaired) electrons. The second-order valence-electron chi connectivity index (χ2n) is 9.05. The second kappa shape index (κ2) is 7.81. The molecule has 7 aromatic carbocycles. The molecule has 0 aliphatic rings. The molecular weight excluding hydrogens is 448 g/mol. The first-order valence-corrected chi connectivity index (χ1v) is 12.1. The van der Waals surface area contributed by atoms with Crippen LogP contribution < -0.4 is 0 Å². The van der Waals surface area contributed by atoms with E-state index in [0.717, 1.165) is 16.2 Å². The van der Waals surface area contributed by atoms with Crippen LogP contribution in [0.5, 0.6) is 0 Å². The van der Waals surface area contributed by atoms with Gasteiger partial charge in [-0.2, -0.15) is 0 Å². The molecule has 0 saturated carbocycles. The van der Waals surface area contributed by atoms with Crippen LogP contribution in [-0.2, 0) is 0 Å². The van der Waals surface area contributed by atoms with Gasteiger partial charge in [-0.3, -0.25) is 0 Å². The molecule has 172 valence electrons. The summed E-state index contributed by atoms with van der Waals surface area (Å²) in [5.74, 6) is 0. The molecule has 0 unspecified atom stereocenters. The highest BCUT2D eigenvalue weighted by Crippen LogP contribution is 2.47. The van der Waals surface area contributed by atoms with Gasteiger partial charge in [0, 0.05) is 10.8 Å². The van der Waals surface area contributed by atoms with Crippen molar-refractivity contribution in [1.82, 2.24) is 0 Å². The van der Waals surface area contributed by atoms with Gasteiger partial charge in [-0.05, 0) is 66.7 Å². The summed E-state index contributed by atoms with van der Waals surface area (Å²) in [5, 5.41) is 3.88. The molecule has 0 fully saturated rings. The van der Waals surface area contributed by atoms with E-state index in [4.69, 9.17) is 9.90 Å². The van der Waals surface area contributed by atoms with E-state index in [1.54, 1.807) is 6.07 Å². The van der Waals surface area contributed by atoms with Gasteiger partial charge in [0.15, 0.2) is 0 Å². The van der Waals surface area contributed by atoms with Crippen molar-refractivity contribution in [2.24, 2.45) is 0 Å². The summed E-state index contributed by atoms with van der Waals surface area (Å²) in [6.07, 6.45) is 0. The quantitative estimate of drug-likeness (QED) is 0.225. The van der Waals surface area contributed by atoms with E-state index in [0.29, 0.717) is 38.8 Å². The highest BCUT2D eigenvalue weighted by Gasteiger charge is 2.20. The van der Waals surface area contributed by atoms with Gasteiger partial charge in [-0.25, -0.2) is 0 Å². The molecule has 0 aliphatic carbocycles. The molecule has 0 saturated heterocycles. The smallest absolute Gasteiger partial charge is 0.136 e. The summed E-state index contributed by atoms with van der Waals surface area (Å²) in [4.78, 5) is 0. The molecule has 8 aromatic rings. The molecule has 0 bridgehead atoms. The Morgan fingerprint density at radius 1 is 0.432 bits per heavy atom. The lowest BCUT2D eigenvalue weighted by molar-refractivity contribution is 0.669. The number of fused-ring (bicyclic) bond motifs is 6. The fraction of sp³-hybridized carbons (Fsp3) is 0. The zero-order chi connectivity index (χ0) is 31.3. The van der Waals surface area contributed by atoms with Crippen molar-refractivity contribution in [3.63, 3.8) is 0 Å². The Kier molecular flexibility index (Phi) is 2.96. The molecule has 1 heteroatoms. The van der Waals surface area contributed by atoms with Crippen LogP contribution in [0.4, 0.5) is 0 Å². The van der Waals surface area contributed by atoms with E-state index in [-0.39, 0.29) is 45.7 Å². The Labute approximate surface area is 225 Å². The Bertz CT molecular complexity index is 2500. The van der Waals surface area contributed by atoms with Gasteiger partial charge in [0.05, 0.1) is 11.0 Å². The lowest BCUT2D eigenvalue weighted by Gasteiger charge is -2.19. The number of benzene rings is 7. The molecule has 1 aromatic heterocycles. The minimum absolute atomic E-state index is 0.180. The maximum atomic E-state index is 9.26. The number of furan rings is 1. The Hall–Kier alpha value is -4.88. The van der Waals surface area contributed by atoms with Crippen LogP contribution in [0.15, 0.2) is 138 Å². The molecule has 0 atom stereocenters. The number of rotatable bonds is 2. The van der Waals surface area contributed by atoms with Crippen molar-refractivity contribution < 1.29 is 15.4 Å². The summed E-state index contributed by atoms with van der Waals surface area (Å²) in [5.41, 5.74) is 2.98. The minimum Gasteiger partial charge on any atom is -0.456 e. The van der Waals surface area contributed by atoms with Gasteiger partial charge in [0.2, 0.25) is 0 Å². The molecule has 0 amide bonds. The van der Waals surface area contributed by atoms with Crippen LogP contribution in [0.1, 0.15) is 11.0 Å². The normalized spacial score (nSPS) is 14.8. The van der Waals surface area contributed by atoms with Crippen LogP contribution >= 0.6 is 0 Å². The predicted molar refractivity (Wildman–Crippen MR) is 157 cm³/mol. The minimum atomic E-state index is -0.429. The predicted octanol–water partition coefficient (Wildman–Crippen LogP) is 10.4. The molecule has 1 nitrogen and oxygen atoms in total. The standard InChI is InChI=1S/C36H22O/c1-2-13-24-23(11-1)12-9-19-25(24)34-26-14-3-5-16-28(26)35(29-17-6-4-15-27(29)34)31-20-10-22-33-36(31)30-18-7-8-21-32(30)37-33/h1-22H/i3D,4D,5D,6D,14D,15D,16D,17D. The molecule has 0 spiro atoms. The lowest BCUT2D eigenvalue weighted by Crippen LogP contribution is -1.92. The highest BCUT2D eigenvalue weighted by atomic mass is 16.3. The molecule has 1 heterocycles. The molecule has 8 rings (SSSR count). The molecular formula is C36H22O. The summed E-state index contributed by atoms with van der Waals surface area (Å²) in [6, 6.07) is 23.3. The maximum absolute atomic E-state index is 9.26. The second-order valence-corrected chi connectivity index (χ2v) is 9.05. The summed E-state index contributed by atoms with van der Waals surface area (Å²) in [7, 11) is 0. The first kappa shape index (κ1) is 14.0. The lowest BCUT2D eigenvalue weighted by atomic mass is 9.84. The Morgan fingerprint density at radius 3 is 1.68 bits per heavy atom. The topological polar surface area (TPSA) is 13.1 Å². The van der Waals surface area contributed by atoms with Crippen molar-refractivity contribution >= 4 is 54.3 Å². The van der Waals surface area contributed by atoms with E-state index >= 15 is 0 Å². The van der Waals surface area contributed by atoms with Crippen molar-refractivity contribution in [2.75, 3.05) is 0 Å². The summed E-state index contributed by atoms with van der Waals surface area (Å²) < 4.78 is 78.0. The first-order chi connectivity index (χ1) is 21.7. The fourth-order valence-electron chi connectivity index (χ4n) is 5.59. The SMILES string of the molecule is [2H]c1c([2H])c([2H])c2c(-c3cccc4oc5ccccc5c34)c3c([2H])c([2H])c([2H])c([2H])c3c(-c3cccc4ccccc34)c2c1[2H]. The molecule has 0 N–H and O–H groups in total. The third kappa shape index (κ3) is 2.92. The zero-order valence-electron chi connectivity index (χ0n) is 27.5. The Morgan fingerprint density at radius 2 is 0.946 bits per heavy atom. The first-order valence-electron chi connectivity index (χ1n) is 16.1. The number of para-hydroxylation sites is 1. The van der Waals surface area contributed by atoms with Gasteiger partial charge in [-0.15, -0.1) is 0 Å². The van der Waals surface area contributed by atoms with Gasteiger partial charge in [-0.1, -0.05) is 121 Å². The molecule has 0 aliphatic heterocycles. The van der Waals surface area contributed by atoms with E-state index < -0.39 is 24.2 Å². The number of hydrogen-bond donors (Lipinski definition) is 0. The van der Waals surface area contributed by atoms with E-state index in [2.05, 4.69) is 0 Å². The average Bonchev–Trinajstić information content (AvgIpc) is 3.45. The van der Waals surface area contributed by atoms with E-state index in [9.17, 15) is 5.48 Å². The summed E-state index contributed by atoms with van der Waals surface area (Å²) >= 11 is 0. The zero-order valence-corrected chi connectivity index (χ0v) is 19.5. The maximum Gasteiger partial charge on any atom is 0.136 e. The Balaban J connectivity index is 1.75. The van der Waals surface area contributed by atoms with Crippen LogP contribution in [0.25, 0.3) is 76.5 Å². The third-order valence-electron chi connectivity index (χ3n) is 7.11. The molecule has 37 heavy (non-hydrogen) atoms. The van der Waals surface area contributed by atoms with Crippen molar-refractivity contribution in [3.05, 3.63) is 133 Å². The van der Waals surface area contributed by atoms with Crippen molar-refractivity contribution in [1.29, 1.82) is 0 Å². The largest absolute Gasteiger partial charge is 0.456 e. The van der Waals surface area contributed by atoms with Crippen LogP contribution in [-0.4, -0.2) is 0 Å². The fourth-order valence-corrected chi connectivity index (χ4v) is 5.59. The van der Waals surface area contributed by atoms with E-state index in [1.807, 2.05) is 78.9 Å². The summed E-state index contributed by atoms with van der Waals surface area (Å²) in [6.45, 7) is 0. The van der Waals surface area contributed by atoms with E-state index in [1.165, 1.54) is 0 Å². The van der Waals surface area contributed by atoms with Crippen molar-refractivity contribution in [3.8, 4) is 22.3 Å². The monoisotopic (exact) mass is 478 g/mol. The van der Waals surface area contributed by atoms with Crippen LogP contribution in [0.2, 0.25) is 0 Å². The van der Waals surface area contributed by atoms with Gasteiger partial charge in [0.25, 0.3) is 0 Å².